The number of methoxy groups -OCH3 is 1. The Hall–Kier alpha value is -3.34. The zero-order chi connectivity index (χ0) is 26.8. The van der Waals surface area contributed by atoms with E-state index in [4.69, 9.17) is 25.8 Å². The van der Waals surface area contributed by atoms with Gasteiger partial charge in [0.05, 0.1) is 36.0 Å². The van der Waals surface area contributed by atoms with E-state index >= 15 is 0 Å². The molecule has 0 bridgehead atoms. The van der Waals surface area contributed by atoms with Crippen LogP contribution in [0.3, 0.4) is 0 Å². The van der Waals surface area contributed by atoms with Gasteiger partial charge >= 0.3 is 5.97 Å². The average molecular weight is 616 g/mol. The fourth-order valence-electron chi connectivity index (χ4n) is 4.10. The molecule has 11 heteroatoms. The first kappa shape index (κ1) is 26.3. The molecule has 8 nitrogen and oxygen atoms in total. The fourth-order valence-corrected chi connectivity index (χ4v) is 5.59. The summed E-state index contributed by atoms with van der Waals surface area (Å²) >= 11 is 11.2. The number of ether oxygens (including phenoxy) is 3. The quantitative estimate of drug-likeness (QED) is 0.133. The summed E-state index contributed by atoms with van der Waals surface area (Å²) in [4.78, 5) is 17.6. The number of halogens is 2. The zero-order valence-corrected chi connectivity index (χ0v) is 24.0. The molecule has 0 N–H and O–H groups in total. The number of carbonyl (C=O) groups is 1. The van der Waals surface area contributed by atoms with E-state index in [1.54, 1.807) is 11.0 Å². The lowest BCUT2D eigenvalue weighted by molar-refractivity contribution is 0.0600. The highest BCUT2D eigenvalue weighted by Gasteiger charge is 2.24. The Morgan fingerprint density at radius 2 is 2.03 bits per heavy atom. The highest BCUT2D eigenvalue weighted by molar-refractivity contribution is 9.09. The number of aryl methyl sites for hydroxylation is 1. The van der Waals surface area contributed by atoms with Crippen LogP contribution in [-0.4, -0.2) is 44.3 Å². The van der Waals surface area contributed by atoms with E-state index in [9.17, 15) is 4.79 Å². The van der Waals surface area contributed by atoms with Gasteiger partial charge in [-0.1, -0.05) is 45.7 Å². The van der Waals surface area contributed by atoms with Gasteiger partial charge in [-0.3, -0.25) is 9.25 Å². The van der Waals surface area contributed by atoms with Crippen molar-refractivity contribution in [2.24, 2.45) is 7.05 Å². The van der Waals surface area contributed by atoms with E-state index in [1.165, 1.54) is 18.4 Å². The van der Waals surface area contributed by atoms with Crippen LogP contribution in [0.25, 0.3) is 27.2 Å². The highest BCUT2D eigenvalue weighted by Crippen LogP contribution is 2.39. The van der Waals surface area contributed by atoms with Gasteiger partial charge in [-0.25, -0.2) is 9.78 Å². The number of benzene rings is 2. The Balaban J connectivity index is 1.48. The summed E-state index contributed by atoms with van der Waals surface area (Å²) in [6.45, 7) is 2.36. The molecule has 0 amide bonds. The normalized spacial score (nSPS) is 12.0. The van der Waals surface area contributed by atoms with Crippen LogP contribution >= 0.6 is 38.9 Å². The molecule has 3 aromatic heterocycles. The zero-order valence-electron chi connectivity index (χ0n) is 20.9. The molecule has 0 spiro atoms. The smallest absolute Gasteiger partial charge is 0.351 e. The minimum atomic E-state index is -0.479. The molecule has 5 aromatic rings. The van der Waals surface area contributed by atoms with Crippen molar-refractivity contribution in [2.75, 3.05) is 19.0 Å². The van der Waals surface area contributed by atoms with Crippen LogP contribution in [0.4, 0.5) is 0 Å². The van der Waals surface area contributed by atoms with Crippen molar-refractivity contribution in [1.29, 1.82) is 0 Å². The summed E-state index contributed by atoms with van der Waals surface area (Å²) in [6, 6.07) is 13.4. The van der Waals surface area contributed by atoms with Gasteiger partial charge in [0.25, 0.3) is 0 Å². The summed E-state index contributed by atoms with van der Waals surface area (Å²) in [6.07, 6.45) is 5.06. The van der Waals surface area contributed by atoms with Gasteiger partial charge in [0.1, 0.15) is 28.9 Å². The van der Waals surface area contributed by atoms with E-state index in [-0.39, 0.29) is 0 Å². The number of imidazole rings is 1. The van der Waals surface area contributed by atoms with Crippen molar-refractivity contribution in [2.45, 2.75) is 13.0 Å². The lowest BCUT2D eigenvalue weighted by atomic mass is 10.1. The molecule has 2 aromatic carbocycles. The van der Waals surface area contributed by atoms with Gasteiger partial charge in [0, 0.05) is 35.8 Å². The van der Waals surface area contributed by atoms with Crippen LogP contribution in [0.2, 0.25) is 5.02 Å². The summed E-state index contributed by atoms with van der Waals surface area (Å²) in [5.41, 5.74) is 4.50. The number of carbonyl (C=O) groups excluding carboxylic acids is 1. The standard InChI is InChI=1S/C27H24BrClN4O4S/c1-16(19-5-4-6-22(25(19)29)36-10-9-28)37-23-12-24(38-26(23)27(34)35-3)33-15-30-20-11-17(7-8-21(20)33)18-13-31-32(2)14-18/h4-8,11-16H,9-10H2,1-3H3. The van der Waals surface area contributed by atoms with Crippen LogP contribution in [0, 0.1) is 0 Å². The van der Waals surface area contributed by atoms with E-state index < -0.39 is 12.1 Å². The lowest BCUT2D eigenvalue weighted by Gasteiger charge is -2.18. The minimum Gasteiger partial charge on any atom is -0.491 e. The van der Waals surface area contributed by atoms with E-state index in [1.807, 2.05) is 73.4 Å². The first-order chi connectivity index (χ1) is 18.4. The summed E-state index contributed by atoms with van der Waals surface area (Å²) in [5.74, 6) is 0.502. The molecule has 3 heterocycles. The first-order valence-electron chi connectivity index (χ1n) is 11.7. The maximum absolute atomic E-state index is 12.7. The van der Waals surface area contributed by atoms with Crippen LogP contribution in [0.1, 0.15) is 28.3 Å². The third kappa shape index (κ3) is 5.16. The molecule has 0 saturated carbocycles. The Labute approximate surface area is 236 Å². The summed E-state index contributed by atoms with van der Waals surface area (Å²) in [7, 11) is 3.24. The Morgan fingerprint density at radius 3 is 2.76 bits per heavy atom. The Morgan fingerprint density at radius 1 is 1.18 bits per heavy atom. The SMILES string of the molecule is COC(=O)c1sc(-n2cnc3cc(-c4cnn(C)c4)ccc32)cc1OC(C)c1cccc(OCCBr)c1Cl. The minimum absolute atomic E-state index is 0.353. The van der Waals surface area contributed by atoms with Crippen molar-refractivity contribution in [1.82, 2.24) is 19.3 Å². The third-order valence-corrected chi connectivity index (χ3v) is 7.77. The van der Waals surface area contributed by atoms with Crippen molar-refractivity contribution in [3.8, 4) is 27.6 Å². The van der Waals surface area contributed by atoms with E-state index in [0.29, 0.717) is 33.3 Å². The van der Waals surface area contributed by atoms with E-state index in [0.717, 1.165) is 32.7 Å². The van der Waals surface area contributed by atoms with Crippen molar-refractivity contribution in [3.63, 3.8) is 0 Å². The molecule has 1 atom stereocenters. The number of alkyl halides is 1. The largest absolute Gasteiger partial charge is 0.491 e. The van der Waals surface area contributed by atoms with Crippen molar-refractivity contribution >= 4 is 55.9 Å². The van der Waals surface area contributed by atoms with Gasteiger partial charge in [-0.05, 0) is 30.7 Å². The maximum Gasteiger partial charge on any atom is 0.351 e. The van der Waals surface area contributed by atoms with Gasteiger partial charge in [-0.15, -0.1) is 11.3 Å². The number of esters is 1. The van der Waals surface area contributed by atoms with Gasteiger partial charge in [0.2, 0.25) is 0 Å². The molecule has 0 radical (unpaired) electrons. The molecule has 0 aliphatic heterocycles. The molecule has 196 valence electrons. The Kier molecular flexibility index (Phi) is 7.73. The summed E-state index contributed by atoms with van der Waals surface area (Å²) < 4.78 is 20.7. The number of nitrogens with zero attached hydrogens (tertiary/aromatic N) is 4. The van der Waals surface area contributed by atoms with Crippen molar-refractivity contribution < 1.29 is 19.0 Å². The number of fused-ring (bicyclic) bond motifs is 1. The van der Waals surface area contributed by atoms with E-state index in [2.05, 4.69) is 26.0 Å². The number of thiophene rings is 1. The van der Waals surface area contributed by atoms with Crippen LogP contribution in [0.15, 0.2) is 61.2 Å². The molecule has 0 fully saturated rings. The predicted molar refractivity (Wildman–Crippen MR) is 152 cm³/mol. The highest BCUT2D eigenvalue weighted by atomic mass is 79.9. The predicted octanol–water partition coefficient (Wildman–Crippen LogP) is 6.84. The lowest BCUT2D eigenvalue weighted by Crippen LogP contribution is -2.08. The number of hydrogen-bond acceptors (Lipinski definition) is 7. The van der Waals surface area contributed by atoms with Gasteiger partial charge < -0.3 is 14.2 Å². The molecular formula is C27H24BrClN4O4S. The molecule has 0 aliphatic carbocycles. The van der Waals surface area contributed by atoms with Crippen LogP contribution in [-0.2, 0) is 11.8 Å². The number of hydrogen-bond donors (Lipinski definition) is 0. The Bertz CT molecular complexity index is 1610. The van der Waals surface area contributed by atoms with Gasteiger partial charge in [0.15, 0.2) is 4.88 Å². The molecule has 0 saturated heterocycles. The van der Waals surface area contributed by atoms with Gasteiger partial charge in [-0.2, -0.15) is 5.10 Å². The first-order valence-corrected chi connectivity index (χ1v) is 14.0. The topological polar surface area (TPSA) is 80.4 Å². The second-order valence-corrected chi connectivity index (χ2v) is 10.6. The van der Waals surface area contributed by atoms with Crippen LogP contribution < -0.4 is 9.47 Å². The summed E-state index contributed by atoms with van der Waals surface area (Å²) in [5, 5.41) is 6.18. The molecule has 0 aliphatic rings. The average Bonchev–Trinajstić information content (AvgIpc) is 3.65. The number of rotatable bonds is 9. The molecule has 1 unspecified atom stereocenters. The monoisotopic (exact) mass is 614 g/mol. The molecule has 38 heavy (non-hydrogen) atoms. The maximum atomic E-state index is 12.7. The fraction of sp³-hybridized carbons (Fsp3) is 0.222. The second-order valence-electron chi connectivity index (χ2n) is 8.45. The van der Waals surface area contributed by atoms with Crippen molar-refractivity contribution in [3.05, 3.63) is 76.6 Å². The molecule has 5 rings (SSSR count). The number of aromatic nitrogens is 4. The third-order valence-electron chi connectivity index (χ3n) is 5.95. The second kappa shape index (κ2) is 11.2. The molecular weight excluding hydrogens is 592 g/mol. The van der Waals surface area contributed by atoms with Crippen LogP contribution in [0.5, 0.6) is 11.5 Å².